The largest absolute Gasteiger partial charge is 0.399 e. The third-order valence-electron chi connectivity index (χ3n) is 5.13. The van der Waals surface area contributed by atoms with Gasteiger partial charge in [0.1, 0.15) is 0 Å². The van der Waals surface area contributed by atoms with Gasteiger partial charge in [-0.3, -0.25) is 4.79 Å². The summed E-state index contributed by atoms with van der Waals surface area (Å²) in [4.78, 5) is 12.3. The zero-order valence-electron chi connectivity index (χ0n) is 14.3. The number of benzene rings is 2. The van der Waals surface area contributed by atoms with Gasteiger partial charge < -0.3 is 11.1 Å². The monoisotopic (exact) mass is 322 g/mol. The van der Waals surface area contributed by atoms with Crippen molar-refractivity contribution in [3.8, 4) is 0 Å². The SMILES string of the molecule is Cc1ccc(N)cc1NC(=O)CC1CCC(c2ccccc2)CC1. The normalized spacial score (nSPS) is 20.5. The first-order chi connectivity index (χ1) is 11.6. The first-order valence-electron chi connectivity index (χ1n) is 8.82. The lowest BCUT2D eigenvalue weighted by atomic mass is 9.77. The maximum Gasteiger partial charge on any atom is 0.224 e. The Morgan fingerprint density at radius 2 is 1.79 bits per heavy atom. The van der Waals surface area contributed by atoms with Crippen molar-refractivity contribution in [3.63, 3.8) is 0 Å². The van der Waals surface area contributed by atoms with Gasteiger partial charge in [-0.05, 0) is 67.7 Å². The second-order valence-electron chi connectivity index (χ2n) is 6.95. The highest BCUT2D eigenvalue weighted by molar-refractivity contribution is 5.92. The van der Waals surface area contributed by atoms with E-state index >= 15 is 0 Å². The smallest absolute Gasteiger partial charge is 0.224 e. The van der Waals surface area contributed by atoms with Crippen LogP contribution in [0, 0.1) is 12.8 Å². The van der Waals surface area contributed by atoms with Crippen LogP contribution in [0.25, 0.3) is 0 Å². The molecule has 1 fully saturated rings. The molecule has 0 spiro atoms. The summed E-state index contributed by atoms with van der Waals surface area (Å²) >= 11 is 0. The molecule has 0 heterocycles. The molecule has 3 N–H and O–H groups in total. The third kappa shape index (κ3) is 4.16. The average molecular weight is 322 g/mol. The number of rotatable bonds is 4. The summed E-state index contributed by atoms with van der Waals surface area (Å²) in [5.41, 5.74) is 9.81. The highest BCUT2D eigenvalue weighted by atomic mass is 16.1. The molecule has 24 heavy (non-hydrogen) atoms. The van der Waals surface area contributed by atoms with Gasteiger partial charge in [-0.2, -0.15) is 0 Å². The lowest BCUT2D eigenvalue weighted by molar-refractivity contribution is -0.117. The van der Waals surface area contributed by atoms with Crippen molar-refractivity contribution in [2.24, 2.45) is 5.92 Å². The number of carbonyl (C=O) groups is 1. The average Bonchev–Trinajstić information content (AvgIpc) is 2.59. The van der Waals surface area contributed by atoms with Gasteiger partial charge in [0.05, 0.1) is 0 Å². The first-order valence-corrected chi connectivity index (χ1v) is 8.82. The molecule has 2 aromatic rings. The predicted octanol–water partition coefficient (Wildman–Crippen LogP) is 4.88. The molecular weight excluding hydrogens is 296 g/mol. The van der Waals surface area contributed by atoms with Crippen LogP contribution in [0.1, 0.15) is 49.1 Å². The first kappa shape index (κ1) is 16.6. The van der Waals surface area contributed by atoms with E-state index in [1.54, 1.807) is 0 Å². The summed E-state index contributed by atoms with van der Waals surface area (Å²) in [5, 5.41) is 3.02. The van der Waals surface area contributed by atoms with Crippen LogP contribution >= 0.6 is 0 Å². The van der Waals surface area contributed by atoms with E-state index in [-0.39, 0.29) is 5.91 Å². The Hall–Kier alpha value is -2.29. The third-order valence-corrected chi connectivity index (χ3v) is 5.13. The molecule has 1 saturated carbocycles. The lowest BCUT2D eigenvalue weighted by Crippen LogP contribution is -2.21. The molecule has 0 bridgehead atoms. The minimum atomic E-state index is 0.104. The molecule has 126 valence electrons. The summed E-state index contributed by atoms with van der Waals surface area (Å²) in [6, 6.07) is 16.4. The number of nitrogens with two attached hydrogens (primary N) is 1. The van der Waals surface area contributed by atoms with Gasteiger partial charge in [-0.1, -0.05) is 36.4 Å². The molecule has 3 nitrogen and oxygen atoms in total. The van der Waals surface area contributed by atoms with E-state index in [4.69, 9.17) is 5.73 Å². The van der Waals surface area contributed by atoms with Crippen LogP contribution in [0.3, 0.4) is 0 Å². The molecule has 0 atom stereocenters. The molecule has 1 aliphatic rings. The van der Waals surface area contributed by atoms with Gasteiger partial charge in [-0.15, -0.1) is 0 Å². The molecule has 3 heteroatoms. The Kier molecular flexibility index (Phi) is 5.19. The van der Waals surface area contributed by atoms with E-state index < -0.39 is 0 Å². The molecule has 0 radical (unpaired) electrons. The fraction of sp³-hybridized carbons (Fsp3) is 0.381. The lowest BCUT2D eigenvalue weighted by Gasteiger charge is -2.28. The molecule has 1 amide bonds. The van der Waals surface area contributed by atoms with E-state index in [0.29, 0.717) is 23.9 Å². The molecule has 2 aromatic carbocycles. The maximum atomic E-state index is 12.3. The van der Waals surface area contributed by atoms with E-state index in [1.807, 2.05) is 25.1 Å². The van der Waals surface area contributed by atoms with Gasteiger partial charge in [0.2, 0.25) is 5.91 Å². The Balaban J connectivity index is 1.51. The highest BCUT2D eigenvalue weighted by Gasteiger charge is 2.24. The van der Waals surface area contributed by atoms with Crippen LogP contribution in [0.2, 0.25) is 0 Å². The van der Waals surface area contributed by atoms with Crippen LogP contribution in [-0.2, 0) is 4.79 Å². The van der Waals surface area contributed by atoms with Crippen molar-refractivity contribution >= 4 is 17.3 Å². The van der Waals surface area contributed by atoms with E-state index in [1.165, 1.54) is 18.4 Å². The summed E-state index contributed by atoms with van der Waals surface area (Å²) in [7, 11) is 0. The topological polar surface area (TPSA) is 55.1 Å². The van der Waals surface area contributed by atoms with Crippen molar-refractivity contribution in [3.05, 3.63) is 59.7 Å². The zero-order chi connectivity index (χ0) is 16.9. The zero-order valence-corrected chi connectivity index (χ0v) is 14.3. The number of aryl methyl sites for hydroxylation is 1. The Morgan fingerprint density at radius 1 is 1.08 bits per heavy atom. The van der Waals surface area contributed by atoms with E-state index in [2.05, 4.69) is 35.6 Å². The number of amides is 1. The maximum absolute atomic E-state index is 12.3. The number of hydrogen-bond acceptors (Lipinski definition) is 2. The van der Waals surface area contributed by atoms with Gasteiger partial charge in [0, 0.05) is 17.8 Å². The Labute approximate surface area is 144 Å². The van der Waals surface area contributed by atoms with Crippen LogP contribution in [-0.4, -0.2) is 5.91 Å². The number of anilines is 2. The second-order valence-corrected chi connectivity index (χ2v) is 6.95. The van der Waals surface area contributed by atoms with Crippen LogP contribution in [0.5, 0.6) is 0 Å². The van der Waals surface area contributed by atoms with Crippen LogP contribution < -0.4 is 11.1 Å². The Morgan fingerprint density at radius 3 is 2.50 bits per heavy atom. The minimum absolute atomic E-state index is 0.104. The van der Waals surface area contributed by atoms with E-state index in [0.717, 1.165) is 24.1 Å². The van der Waals surface area contributed by atoms with Crippen molar-refractivity contribution in [1.82, 2.24) is 0 Å². The summed E-state index contributed by atoms with van der Waals surface area (Å²) in [5.74, 6) is 1.25. The molecule has 0 saturated heterocycles. The minimum Gasteiger partial charge on any atom is -0.399 e. The van der Waals surface area contributed by atoms with Crippen LogP contribution in [0.15, 0.2) is 48.5 Å². The summed E-state index contributed by atoms with van der Waals surface area (Å²) in [6.07, 6.45) is 5.22. The molecular formula is C21H26N2O. The van der Waals surface area contributed by atoms with Gasteiger partial charge in [-0.25, -0.2) is 0 Å². The molecule has 0 unspecified atom stereocenters. The quantitative estimate of drug-likeness (QED) is 0.788. The van der Waals surface area contributed by atoms with E-state index in [9.17, 15) is 4.79 Å². The van der Waals surface area contributed by atoms with Gasteiger partial charge in [0.15, 0.2) is 0 Å². The number of nitrogens with one attached hydrogen (secondary N) is 1. The second kappa shape index (κ2) is 7.52. The molecule has 3 rings (SSSR count). The van der Waals surface area contributed by atoms with Crippen molar-refractivity contribution < 1.29 is 4.79 Å². The standard InChI is InChI=1S/C21H26N2O/c1-15-7-12-19(22)14-20(15)23-21(24)13-16-8-10-18(11-9-16)17-5-3-2-4-6-17/h2-7,12,14,16,18H,8-11,13,22H2,1H3,(H,23,24). The summed E-state index contributed by atoms with van der Waals surface area (Å²) in [6.45, 7) is 1.99. The van der Waals surface area contributed by atoms with Gasteiger partial charge >= 0.3 is 0 Å². The van der Waals surface area contributed by atoms with Gasteiger partial charge in [0.25, 0.3) is 0 Å². The Bertz CT molecular complexity index is 688. The fourth-order valence-electron chi connectivity index (χ4n) is 3.66. The summed E-state index contributed by atoms with van der Waals surface area (Å²) < 4.78 is 0. The van der Waals surface area contributed by atoms with Crippen molar-refractivity contribution in [2.45, 2.75) is 44.9 Å². The predicted molar refractivity (Wildman–Crippen MR) is 100.0 cm³/mol. The molecule has 0 aliphatic heterocycles. The number of nitrogen functional groups attached to an aromatic ring is 1. The number of carbonyl (C=O) groups excluding carboxylic acids is 1. The number of hydrogen-bond donors (Lipinski definition) is 2. The van der Waals surface area contributed by atoms with Crippen molar-refractivity contribution in [2.75, 3.05) is 11.1 Å². The highest BCUT2D eigenvalue weighted by Crippen LogP contribution is 2.37. The fourth-order valence-corrected chi connectivity index (χ4v) is 3.66. The van der Waals surface area contributed by atoms with Crippen molar-refractivity contribution in [1.29, 1.82) is 0 Å². The molecule has 0 aromatic heterocycles. The molecule has 1 aliphatic carbocycles. The van der Waals surface area contributed by atoms with Crippen LogP contribution in [0.4, 0.5) is 11.4 Å².